The van der Waals surface area contributed by atoms with Gasteiger partial charge >= 0.3 is 0 Å². The van der Waals surface area contributed by atoms with Gasteiger partial charge in [-0.1, -0.05) is 12.6 Å². The summed E-state index contributed by atoms with van der Waals surface area (Å²) in [6, 6.07) is 0. The molecule has 0 rings (SSSR count). The molecule has 44 valence electrons. The average molecular weight is 141 g/mol. The van der Waals surface area contributed by atoms with Gasteiger partial charge in [-0.25, -0.2) is 0 Å². The summed E-state index contributed by atoms with van der Waals surface area (Å²) < 4.78 is -0.336. The van der Waals surface area contributed by atoms with Crippen LogP contribution in [0.25, 0.3) is 0 Å². The average Bonchev–Trinajstić information content (AvgIpc) is 1.35. The molecule has 6 N–H and O–H groups in total. The fraction of sp³-hybridized carbons (Fsp3) is 0. The second kappa shape index (κ2) is 6.25. The van der Waals surface area contributed by atoms with Crippen molar-refractivity contribution in [3.05, 3.63) is 0 Å². The zero-order valence-corrected chi connectivity index (χ0v) is 5.26. The minimum atomic E-state index is -0.336. The van der Waals surface area contributed by atoms with Crippen LogP contribution in [0.4, 0.5) is 4.79 Å². The molecule has 0 spiro atoms. The molecule has 0 saturated carbocycles. The Balaban J connectivity index is 0. The lowest BCUT2D eigenvalue weighted by atomic mass is 11.8. The quantitative estimate of drug-likeness (QED) is 0.183. The minimum absolute atomic E-state index is 0. The number of carbonyl (C=O) groups is 1. The molecule has 0 aliphatic rings. The van der Waals surface area contributed by atoms with Crippen LogP contribution in [0.2, 0.25) is 0 Å². The topological polar surface area (TPSA) is 90.1 Å². The first-order valence-corrected chi connectivity index (χ1v) is 2.39. The summed E-state index contributed by atoms with van der Waals surface area (Å²) in [6.45, 7) is 0. The predicted octanol–water partition coefficient (Wildman–Crippen LogP) is 0.310. The van der Waals surface area contributed by atoms with Crippen molar-refractivity contribution in [2.75, 3.05) is 0 Å². The van der Waals surface area contributed by atoms with Crippen molar-refractivity contribution >= 4 is 29.0 Å². The SMILES string of the molecule is N.NNSC(=O)S. The summed E-state index contributed by atoms with van der Waals surface area (Å²) in [5, 5.41) is 0. The highest BCUT2D eigenvalue weighted by Gasteiger charge is 1.85. The first kappa shape index (κ1) is 10.3. The van der Waals surface area contributed by atoms with Gasteiger partial charge in [-0.05, 0) is 0 Å². The zero-order chi connectivity index (χ0) is 4.99. The van der Waals surface area contributed by atoms with E-state index in [4.69, 9.17) is 0 Å². The third-order valence-corrected chi connectivity index (χ3v) is 0.713. The molecule has 0 aromatic rings. The lowest BCUT2D eigenvalue weighted by Gasteiger charge is -1.83. The second-order valence-corrected chi connectivity index (χ2v) is 2.01. The van der Waals surface area contributed by atoms with Crippen molar-refractivity contribution in [2.45, 2.75) is 0 Å². The molecule has 0 radical (unpaired) electrons. The number of nitrogens with two attached hydrogens (primary N) is 1. The van der Waals surface area contributed by atoms with E-state index in [1.807, 2.05) is 0 Å². The number of hydrazine groups is 1. The first-order valence-electron chi connectivity index (χ1n) is 1.12. The fourth-order valence-corrected chi connectivity index (χ4v) is 0.309. The van der Waals surface area contributed by atoms with Crippen molar-refractivity contribution in [1.29, 1.82) is 0 Å². The van der Waals surface area contributed by atoms with Crippen LogP contribution in [0.3, 0.4) is 0 Å². The summed E-state index contributed by atoms with van der Waals surface area (Å²) in [5.41, 5.74) is 0. The van der Waals surface area contributed by atoms with Crippen molar-refractivity contribution in [3.8, 4) is 0 Å². The van der Waals surface area contributed by atoms with Gasteiger partial charge in [0.2, 0.25) is 0 Å². The van der Waals surface area contributed by atoms with Crippen LogP contribution in [0.5, 0.6) is 0 Å². The molecule has 0 aromatic carbocycles. The third kappa shape index (κ3) is 10.7. The van der Waals surface area contributed by atoms with E-state index < -0.39 is 0 Å². The van der Waals surface area contributed by atoms with Gasteiger partial charge in [0.1, 0.15) is 0 Å². The van der Waals surface area contributed by atoms with Crippen LogP contribution in [-0.2, 0) is 0 Å². The number of thiol groups is 1. The van der Waals surface area contributed by atoms with E-state index >= 15 is 0 Å². The number of rotatable bonds is 1. The zero-order valence-electron chi connectivity index (χ0n) is 3.55. The Morgan fingerprint density at radius 1 is 1.86 bits per heavy atom. The molecule has 0 fully saturated rings. The highest BCUT2D eigenvalue weighted by molar-refractivity contribution is 8.31. The Labute approximate surface area is 51.3 Å². The van der Waals surface area contributed by atoms with E-state index in [1.165, 1.54) is 0 Å². The van der Waals surface area contributed by atoms with Crippen molar-refractivity contribution in [3.63, 3.8) is 0 Å². The van der Waals surface area contributed by atoms with E-state index in [-0.39, 0.29) is 10.6 Å². The van der Waals surface area contributed by atoms with Gasteiger partial charge in [-0.15, -0.1) is 0 Å². The molecule has 0 bridgehead atoms. The third-order valence-electron chi connectivity index (χ3n) is 0.146. The fourth-order valence-electron chi connectivity index (χ4n) is 0.0504. The first-order chi connectivity index (χ1) is 2.77. The number of hydrogen-bond acceptors (Lipinski definition) is 5. The molecule has 0 aromatic heterocycles. The maximum atomic E-state index is 9.73. The monoisotopic (exact) mass is 141 g/mol. The van der Waals surface area contributed by atoms with Crippen molar-refractivity contribution in [1.82, 2.24) is 11.0 Å². The Bertz CT molecular complexity index is 56.9. The summed E-state index contributed by atoms with van der Waals surface area (Å²) in [6.07, 6.45) is 0. The Hall–Kier alpha value is 0.250. The summed E-state index contributed by atoms with van der Waals surface area (Å²) in [4.78, 5) is 11.8. The number of nitrogens with one attached hydrogen (secondary N) is 1. The number of carbonyl (C=O) groups excluding carboxylic acids is 1. The summed E-state index contributed by atoms with van der Waals surface area (Å²) in [5.74, 6) is 4.67. The summed E-state index contributed by atoms with van der Waals surface area (Å²) in [7, 11) is 0. The normalized spacial score (nSPS) is 7.14. The van der Waals surface area contributed by atoms with Gasteiger partial charge in [0, 0.05) is 11.9 Å². The van der Waals surface area contributed by atoms with Crippen LogP contribution in [0, 0.1) is 0 Å². The maximum Gasteiger partial charge on any atom is 0.259 e. The van der Waals surface area contributed by atoms with Crippen molar-refractivity contribution in [2.24, 2.45) is 5.84 Å². The molecule has 0 aliphatic carbocycles. The lowest BCUT2D eigenvalue weighted by molar-refractivity contribution is 0.277. The van der Waals surface area contributed by atoms with Crippen LogP contribution < -0.4 is 16.8 Å². The highest BCUT2D eigenvalue weighted by atomic mass is 32.2. The van der Waals surface area contributed by atoms with E-state index in [2.05, 4.69) is 23.3 Å². The van der Waals surface area contributed by atoms with Crippen LogP contribution in [0.1, 0.15) is 0 Å². The largest absolute Gasteiger partial charge is 0.344 e. The van der Waals surface area contributed by atoms with E-state index in [1.54, 1.807) is 0 Å². The molecule has 0 atom stereocenters. The highest BCUT2D eigenvalue weighted by Crippen LogP contribution is 1.96. The molecule has 0 heterocycles. The lowest BCUT2D eigenvalue weighted by Crippen LogP contribution is -2.12. The van der Waals surface area contributed by atoms with Crippen molar-refractivity contribution < 1.29 is 4.79 Å². The van der Waals surface area contributed by atoms with E-state index in [0.717, 1.165) is 11.9 Å². The minimum Gasteiger partial charge on any atom is -0.344 e. The van der Waals surface area contributed by atoms with Gasteiger partial charge < -0.3 is 6.15 Å². The maximum absolute atomic E-state index is 9.73. The molecular weight excluding hydrogens is 134 g/mol. The summed E-state index contributed by atoms with van der Waals surface area (Å²) >= 11 is 4.10. The van der Waals surface area contributed by atoms with Gasteiger partial charge in [0.25, 0.3) is 4.45 Å². The molecule has 7 heavy (non-hydrogen) atoms. The second-order valence-electron chi connectivity index (χ2n) is 0.486. The van der Waals surface area contributed by atoms with Crippen LogP contribution in [-0.4, -0.2) is 4.45 Å². The predicted molar refractivity (Wildman–Crippen MR) is 34.3 cm³/mol. The molecule has 6 heteroatoms. The Morgan fingerprint density at radius 2 is 2.29 bits per heavy atom. The molecule has 0 unspecified atom stereocenters. The van der Waals surface area contributed by atoms with Gasteiger partial charge in [-0.2, -0.15) is 4.83 Å². The molecule has 0 amide bonds. The van der Waals surface area contributed by atoms with E-state index in [0.29, 0.717) is 0 Å². The molecular formula is CH7N3OS2. The molecule has 0 aliphatic heterocycles. The van der Waals surface area contributed by atoms with Crippen LogP contribution in [0.15, 0.2) is 0 Å². The number of hydrogen-bond donors (Lipinski definition) is 4. The Morgan fingerprint density at radius 3 is 2.29 bits per heavy atom. The van der Waals surface area contributed by atoms with Gasteiger partial charge in [0.15, 0.2) is 0 Å². The molecule has 4 nitrogen and oxygen atoms in total. The molecule has 0 saturated heterocycles. The van der Waals surface area contributed by atoms with Gasteiger partial charge in [-0.3, -0.25) is 10.6 Å². The standard InChI is InChI=1S/CH4N2OS2.H3N/c2-3-6-1(4)5;/h3H,2H2,(H,4,5);1H3. The van der Waals surface area contributed by atoms with Crippen LogP contribution >= 0.6 is 24.6 Å². The smallest absolute Gasteiger partial charge is 0.259 e. The van der Waals surface area contributed by atoms with E-state index in [9.17, 15) is 4.79 Å². The Kier molecular flexibility index (Phi) is 9.17. The van der Waals surface area contributed by atoms with Gasteiger partial charge in [0.05, 0.1) is 0 Å².